The van der Waals surface area contributed by atoms with Gasteiger partial charge in [0.1, 0.15) is 5.70 Å². The molecule has 22 heavy (non-hydrogen) atoms. The molecule has 0 bridgehead atoms. The van der Waals surface area contributed by atoms with Crippen molar-refractivity contribution in [3.05, 3.63) is 11.3 Å². The Morgan fingerprint density at radius 3 is 2.50 bits per heavy atom. The van der Waals surface area contributed by atoms with Gasteiger partial charge in [-0.3, -0.25) is 19.3 Å². The highest BCUT2D eigenvalue weighted by molar-refractivity contribution is 8.01. The number of amides is 1. The molecule has 0 aliphatic carbocycles. The van der Waals surface area contributed by atoms with Crippen LogP contribution in [0.5, 0.6) is 0 Å². The number of thioether (sulfide) groups is 1. The Kier molecular flexibility index (Phi) is 4.32. The number of hydrogen-bond acceptors (Lipinski definition) is 7. The van der Waals surface area contributed by atoms with Crippen molar-refractivity contribution in [3.63, 3.8) is 0 Å². The maximum absolute atomic E-state index is 12.1. The number of ether oxygens (including phenoxy) is 2. The number of hydrogen-bond donors (Lipinski definition) is 0. The second-order valence-electron chi connectivity index (χ2n) is 6.06. The summed E-state index contributed by atoms with van der Waals surface area (Å²) in [5.41, 5.74) is 0.0167. The molecule has 2 aliphatic heterocycles. The molecule has 7 nitrogen and oxygen atoms in total. The third kappa shape index (κ3) is 2.87. The SMILES string of the molecule is CC1=C(C(=O)OCOC(=O)C(C)(C)C)N2C(=O)C(=O)[C@@H]2SC1. The summed E-state index contributed by atoms with van der Waals surface area (Å²) in [7, 11) is 0. The Labute approximate surface area is 132 Å². The van der Waals surface area contributed by atoms with Crippen molar-refractivity contribution in [2.75, 3.05) is 12.5 Å². The zero-order valence-electron chi connectivity index (χ0n) is 12.8. The standard InChI is InChI=1S/C14H17NO6S/c1-7-5-22-11-9(16)10(17)15(11)8(7)12(18)20-6-21-13(19)14(2,3)4/h11H,5-6H2,1-4H3/t11-/m0/s1. The summed E-state index contributed by atoms with van der Waals surface area (Å²) < 4.78 is 9.75. The van der Waals surface area contributed by atoms with Gasteiger partial charge in [0.05, 0.1) is 5.41 Å². The van der Waals surface area contributed by atoms with Crippen molar-refractivity contribution >= 4 is 35.4 Å². The molecule has 2 heterocycles. The highest BCUT2D eigenvalue weighted by Crippen LogP contribution is 2.38. The van der Waals surface area contributed by atoms with E-state index >= 15 is 0 Å². The average molecular weight is 327 g/mol. The van der Waals surface area contributed by atoms with Crippen LogP contribution in [0.15, 0.2) is 11.3 Å². The van der Waals surface area contributed by atoms with Crippen LogP contribution in [0.2, 0.25) is 0 Å². The molecular weight excluding hydrogens is 310 g/mol. The normalized spacial score (nSPS) is 21.3. The predicted molar refractivity (Wildman–Crippen MR) is 77.3 cm³/mol. The molecule has 120 valence electrons. The van der Waals surface area contributed by atoms with Gasteiger partial charge in [-0.05, 0) is 33.3 Å². The van der Waals surface area contributed by atoms with Crippen LogP contribution in [0.4, 0.5) is 0 Å². The fourth-order valence-corrected chi connectivity index (χ4v) is 3.07. The molecule has 0 spiro atoms. The van der Waals surface area contributed by atoms with E-state index in [1.54, 1.807) is 27.7 Å². The number of nitrogens with zero attached hydrogens (tertiary/aromatic N) is 1. The van der Waals surface area contributed by atoms with E-state index < -0.39 is 41.2 Å². The van der Waals surface area contributed by atoms with Gasteiger partial charge in [-0.2, -0.15) is 0 Å². The minimum atomic E-state index is -0.773. The Hall–Kier alpha value is -1.83. The van der Waals surface area contributed by atoms with Gasteiger partial charge in [-0.1, -0.05) is 0 Å². The van der Waals surface area contributed by atoms with E-state index in [2.05, 4.69) is 0 Å². The van der Waals surface area contributed by atoms with Crippen molar-refractivity contribution in [1.29, 1.82) is 0 Å². The number of esters is 2. The lowest BCUT2D eigenvalue weighted by molar-refractivity contribution is -0.173. The van der Waals surface area contributed by atoms with Crippen LogP contribution in [0.1, 0.15) is 27.7 Å². The first-order valence-electron chi connectivity index (χ1n) is 6.67. The van der Waals surface area contributed by atoms with Gasteiger partial charge < -0.3 is 9.47 Å². The van der Waals surface area contributed by atoms with Crippen molar-refractivity contribution in [2.45, 2.75) is 33.1 Å². The smallest absolute Gasteiger partial charge is 0.357 e. The Bertz CT molecular complexity index is 589. The third-order valence-corrected chi connectivity index (χ3v) is 4.52. The molecule has 1 fully saturated rings. The van der Waals surface area contributed by atoms with E-state index in [1.807, 2.05) is 0 Å². The van der Waals surface area contributed by atoms with Gasteiger partial charge in [0, 0.05) is 5.75 Å². The molecule has 0 aromatic heterocycles. The van der Waals surface area contributed by atoms with E-state index in [4.69, 9.17) is 9.47 Å². The van der Waals surface area contributed by atoms with Gasteiger partial charge in [0.2, 0.25) is 6.79 Å². The van der Waals surface area contributed by atoms with Crippen LogP contribution in [-0.2, 0) is 28.7 Å². The van der Waals surface area contributed by atoms with Crippen LogP contribution >= 0.6 is 11.8 Å². The lowest BCUT2D eigenvalue weighted by Gasteiger charge is -2.41. The quantitative estimate of drug-likeness (QED) is 0.328. The van der Waals surface area contributed by atoms with E-state index in [0.29, 0.717) is 11.3 Å². The first-order valence-corrected chi connectivity index (χ1v) is 7.72. The topological polar surface area (TPSA) is 90.0 Å². The summed E-state index contributed by atoms with van der Waals surface area (Å²) >= 11 is 1.29. The molecule has 0 radical (unpaired) electrons. The highest BCUT2D eigenvalue weighted by Gasteiger charge is 2.52. The number of rotatable bonds is 3. The van der Waals surface area contributed by atoms with Crippen LogP contribution < -0.4 is 0 Å². The fourth-order valence-electron chi connectivity index (χ4n) is 1.92. The molecule has 0 aromatic carbocycles. The zero-order valence-corrected chi connectivity index (χ0v) is 13.6. The minimum absolute atomic E-state index is 0.0696. The van der Waals surface area contributed by atoms with Crippen molar-refractivity contribution < 1.29 is 28.7 Å². The molecule has 0 saturated carbocycles. The van der Waals surface area contributed by atoms with Gasteiger partial charge in [0.15, 0.2) is 5.37 Å². The van der Waals surface area contributed by atoms with Crippen LogP contribution in [0, 0.1) is 5.41 Å². The fraction of sp³-hybridized carbons (Fsp3) is 0.571. The molecule has 0 N–H and O–H groups in total. The van der Waals surface area contributed by atoms with E-state index in [9.17, 15) is 19.2 Å². The van der Waals surface area contributed by atoms with Gasteiger partial charge in [0.25, 0.3) is 11.7 Å². The Morgan fingerprint density at radius 2 is 1.91 bits per heavy atom. The largest absolute Gasteiger partial charge is 0.427 e. The van der Waals surface area contributed by atoms with Crippen molar-refractivity contribution in [2.24, 2.45) is 5.41 Å². The van der Waals surface area contributed by atoms with Crippen molar-refractivity contribution in [3.8, 4) is 0 Å². The lowest BCUT2D eigenvalue weighted by atomic mass is 9.98. The summed E-state index contributed by atoms with van der Waals surface area (Å²) in [4.78, 5) is 47.8. The molecule has 0 unspecified atom stereocenters. The van der Waals surface area contributed by atoms with E-state index in [0.717, 1.165) is 4.90 Å². The summed E-state index contributed by atoms with van der Waals surface area (Å²) in [5.74, 6) is -2.03. The summed E-state index contributed by atoms with van der Waals surface area (Å²) in [6.07, 6.45) is 0. The molecular formula is C14H17NO6S. The lowest BCUT2D eigenvalue weighted by Crippen LogP contribution is -2.62. The van der Waals surface area contributed by atoms with Gasteiger partial charge >= 0.3 is 11.9 Å². The summed E-state index contributed by atoms with van der Waals surface area (Å²) in [6, 6.07) is 0. The monoisotopic (exact) mass is 327 g/mol. The van der Waals surface area contributed by atoms with E-state index in [-0.39, 0.29) is 5.70 Å². The Balaban J connectivity index is 1.99. The second kappa shape index (κ2) is 5.75. The number of carbonyl (C=O) groups excluding carboxylic acids is 4. The van der Waals surface area contributed by atoms with Crippen LogP contribution in [0.3, 0.4) is 0 Å². The number of ketones is 1. The van der Waals surface area contributed by atoms with Crippen LogP contribution in [-0.4, -0.2) is 46.4 Å². The number of Topliss-reactive ketones (excluding diaryl/α,β-unsaturated/α-hetero) is 1. The molecule has 1 saturated heterocycles. The number of carbonyl (C=O) groups is 4. The van der Waals surface area contributed by atoms with Crippen molar-refractivity contribution in [1.82, 2.24) is 4.90 Å². The molecule has 0 aromatic rings. The minimum Gasteiger partial charge on any atom is -0.427 e. The first-order chi connectivity index (χ1) is 10.1. The Morgan fingerprint density at radius 1 is 1.27 bits per heavy atom. The second-order valence-corrected chi connectivity index (χ2v) is 7.13. The summed E-state index contributed by atoms with van der Waals surface area (Å²) in [5, 5.41) is -0.643. The highest BCUT2D eigenvalue weighted by atomic mass is 32.2. The van der Waals surface area contributed by atoms with Gasteiger partial charge in [-0.25, -0.2) is 4.79 Å². The number of fused-ring (bicyclic) bond motifs is 1. The molecule has 8 heteroatoms. The van der Waals surface area contributed by atoms with Gasteiger partial charge in [-0.15, -0.1) is 11.8 Å². The maximum atomic E-state index is 12.1. The third-order valence-electron chi connectivity index (χ3n) is 3.18. The molecule has 1 atom stereocenters. The average Bonchev–Trinajstić information content (AvgIpc) is 2.44. The van der Waals surface area contributed by atoms with Crippen LogP contribution in [0.25, 0.3) is 0 Å². The maximum Gasteiger partial charge on any atom is 0.357 e. The summed E-state index contributed by atoms with van der Waals surface area (Å²) in [6.45, 7) is 6.20. The molecule has 2 rings (SSSR count). The molecule has 2 aliphatic rings. The zero-order chi connectivity index (χ0) is 16.7. The predicted octanol–water partition coefficient (Wildman–Crippen LogP) is 0.835. The van der Waals surface area contributed by atoms with E-state index in [1.165, 1.54) is 11.8 Å². The number of β-lactam (4-membered cyclic amide) rings is 1. The first kappa shape index (κ1) is 16.5. The molecule has 1 amide bonds.